The normalized spacial score (nSPS) is 27.2. The fraction of sp³-hybridized carbons (Fsp3) is 0.750. The van der Waals surface area contributed by atoms with E-state index in [1.54, 1.807) is 4.68 Å². The highest BCUT2D eigenvalue weighted by Gasteiger charge is 2.27. The summed E-state index contributed by atoms with van der Waals surface area (Å²) in [5.74, 6) is 0.312. The second-order valence-corrected chi connectivity index (χ2v) is 4.77. The number of nitrogens with zero attached hydrogens (tertiary/aromatic N) is 2. The Morgan fingerprint density at radius 3 is 3.06 bits per heavy atom. The van der Waals surface area contributed by atoms with Gasteiger partial charge >= 0.3 is 0 Å². The number of ether oxygens (including phenoxy) is 1. The smallest absolute Gasteiger partial charge is 0.0594 e. The van der Waals surface area contributed by atoms with Gasteiger partial charge in [-0.2, -0.15) is 5.10 Å². The van der Waals surface area contributed by atoms with Crippen LogP contribution in [0, 0.1) is 5.92 Å². The first kappa shape index (κ1) is 11.6. The quantitative estimate of drug-likeness (QED) is 0.834. The molecule has 16 heavy (non-hydrogen) atoms. The van der Waals surface area contributed by atoms with Crippen LogP contribution in [0.25, 0.3) is 0 Å². The number of aromatic nitrogens is 2. The zero-order valence-electron chi connectivity index (χ0n) is 9.97. The van der Waals surface area contributed by atoms with Crippen LogP contribution in [0.3, 0.4) is 0 Å². The Kier molecular flexibility index (Phi) is 3.61. The highest BCUT2D eigenvalue weighted by Crippen LogP contribution is 2.24. The molecule has 4 heteroatoms. The van der Waals surface area contributed by atoms with Crippen molar-refractivity contribution >= 4 is 0 Å². The van der Waals surface area contributed by atoms with Crippen molar-refractivity contribution in [2.24, 2.45) is 13.0 Å². The fourth-order valence-electron chi connectivity index (χ4n) is 2.27. The van der Waals surface area contributed by atoms with Gasteiger partial charge in [-0.15, -0.1) is 0 Å². The van der Waals surface area contributed by atoms with Crippen molar-refractivity contribution in [3.63, 3.8) is 0 Å². The SMILES string of the molecule is CC1CC(C(O)CCc2cnn(C)c2)CO1. The molecule has 2 rings (SSSR count). The summed E-state index contributed by atoms with van der Waals surface area (Å²) in [6, 6.07) is 0. The lowest BCUT2D eigenvalue weighted by Gasteiger charge is -2.15. The van der Waals surface area contributed by atoms with E-state index < -0.39 is 0 Å². The van der Waals surface area contributed by atoms with Crippen LogP contribution in [0.2, 0.25) is 0 Å². The van der Waals surface area contributed by atoms with Crippen molar-refractivity contribution in [3.8, 4) is 0 Å². The first-order valence-electron chi connectivity index (χ1n) is 5.92. The molecule has 1 N–H and O–H groups in total. The zero-order chi connectivity index (χ0) is 11.5. The fourth-order valence-corrected chi connectivity index (χ4v) is 2.27. The van der Waals surface area contributed by atoms with Gasteiger partial charge in [-0.3, -0.25) is 4.68 Å². The third-order valence-corrected chi connectivity index (χ3v) is 3.26. The van der Waals surface area contributed by atoms with Gasteiger partial charge in [0.2, 0.25) is 0 Å². The van der Waals surface area contributed by atoms with Gasteiger partial charge in [0.15, 0.2) is 0 Å². The Bertz CT molecular complexity index is 338. The summed E-state index contributed by atoms with van der Waals surface area (Å²) in [5, 5.41) is 14.1. The van der Waals surface area contributed by atoms with Gasteiger partial charge in [0, 0.05) is 19.2 Å². The molecular formula is C12H20N2O2. The van der Waals surface area contributed by atoms with Gasteiger partial charge in [0.1, 0.15) is 0 Å². The molecule has 0 spiro atoms. The molecule has 0 bridgehead atoms. The summed E-state index contributed by atoms with van der Waals surface area (Å²) in [5.41, 5.74) is 1.19. The molecule has 4 nitrogen and oxygen atoms in total. The van der Waals surface area contributed by atoms with E-state index in [2.05, 4.69) is 12.0 Å². The minimum absolute atomic E-state index is 0.245. The topological polar surface area (TPSA) is 47.3 Å². The Labute approximate surface area is 96.2 Å². The number of aryl methyl sites for hydroxylation is 2. The molecule has 2 heterocycles. The summed E-state index contributed by atoms with van der Waals surface area (Å²) in [4.78, 5) is 0. The molecule has 1 aromatic heterocycles. The molecule has 1 aliphatic heterocycles. The van der Waals surface area contributed by atoms with Crippen molar-refractivity contribution in [2.75, 3.05) is 6.61 Å². The van der Waals surface area contributed by atoms with E-state index >= 15 is 0 Å². The average Bonchev–Trinajstić information content (AvgIpc) is 2.84. The van der Waals surface area contributed by atoms with Gasteiger partial charge in [0.05, 0.1) is 25.0 Å². The Morgan fingerprint density at radius 1 is 1.69 bits per heavy atom. The molecular weight excluding hydrogens is 204 g/mol. The predicted molar refractivity (Wildman–Crippen MR) is 61.1 cm³/mol. The molecule has 0 radical (unpaired) electrons. The number of rotatable bonds is 4. The largest absolute Gasteiger partial charge is 0.393 e. The summed E-state index contributed by atoms with van der Waals surface area (Å²) in [6.45, 7) is 2.77. The molecule has 1 saturated heterocycles. The molecule has 3 atom stereocenters. The van der Waals surface area contributed by atoms with Crippen LogP contribution in [0.5, 0.6) is 0 Å². The van der Waals surface area contributed by atoms with E-state index in [1.807, 2.05) is 19.4 Å². The summed E-state index contributed by atoms with van der Waals surface area (Å²) >= 11 is 0. The van der Waals surface area contributed by atoms with Crippen molar-refractivity contribution in [1.29, 1.82) is 0 Å². The van der Waals surface area contributed by atoms with Gasteiger partial charge in [-0.1, -0.05) is 0 Å². The third-order valence-electron chi connectivity index (χ3n) is 3.26. The predicted octanol–water partition coefficient (Wildman–Crippen LogP) is 1.14. The Morgan fingerprint density at radius 2 is 2.50 bits per heavy atom. The van der Waals surface area contributed by atoms with Gasteiger partial charge < -0.3 is 9.84 Å². The molecule has 1 aliphatic rings. The number of hydrogen-bond acceptors (Lipinski definition) is 3. The minimum atomic E-state index is -0.245. The summed E-state index contributed by atoms with van der Waals surface area (Å²) in [6.07, 6.45) is 6.59. The lowest BCUT2D eigenvalue weighted by Crippen LogP contribution is -2.21. The molecule has 90 valence electrons. The Hall–Kier alpha value is -0.870. The van der Waals surface area contributed by atoms with Crippen molar-refractivity contribution < 1.29 is 9.84 Å². The van der Waals surface area contributed by atoms with Crippen LogP contribution in [-0.4, -0.2) is 33.7 Å². The van der Waals surface area contributed by atoms with Crippen LogP contribution in [0.4, 0.5) is 0 Å². The van der Waals surface area contributed by atoms with E-state index in [0.717, 1.165) is 19.3 Å². The van der Waals surface area contributed by atoms with Crippen LogP contribution in [0.1, 0.15) is 25.3 Å². The number of aliphatic hydroxyl groups excluding tert-OH is 1. The molecule has 3 unspecified atom stereocenters. The monoisotopic (exact) mass is 224 g/mol. The molecule has 0 amide bonds. The second-order valence-electron chi connectivity index (χ2n) is 4.77. The molecule has 1 fully saturated rings. The van der Waals surface area contributed by atoms with E-state index in [4.69, 9.17) is 4.74 Å². The average molecular weight is 224 g/mol. The van der Waals surface area contributed by atoms with Gasteiger partial charge in [-0.25, -0.2) is 0 Å². The van der Waals surface area contributed by atoms with Crippen molar-refractivity contribution in [3.05, 3.63) is 18.0 Å². The standard InChI is InChI=1S/C12H20N2O2/c1-9-5-11(8-16-9)12(15)4-3-10-6-13-14(2)7-10/h6-7,9,11-12,15H,3-5,8H2,1-2H3. The first-order valence-corrected chi connectivity index (χ1v) is 5.92. The minimum Gasteiger partial charge on any atom is -0.393 e. The lowest BCUT2D eigenvalue weighted by atomic mass is 9.95. The van der Waals surface area contributed by atoms with E-state index in [9.17, 15) is 5.11 Å². The highest BCUT2D eigenvalue weighted by molar-refractivity contribution is 5.03. The first-order chi connectivity index (χ1) is 7.65. The highest BCUT2D eigenvalue weighted by atomic mass is 16.5. The van der Waals surface area contributed by atoms with Crippen molar-refractivity contribution in [1.82, 2.24) is 9.78 Å². The van der Waals surface area contributed by atoms with Gasteiger partial charge in [0.25, 0.3) is 0 Å². The van der Waals surface area contributed by atoms with E-state index in [0.29, 0.717) is 18.6 Å². The summed E-state index contributed by atoms with van der Waals surface area (Å²) in [7, 11) is 1.91. The van der Waals surface area contributed by atoms with Crippen LogP contribution in [0.15, 0.2) is 12.4 Å². The maximum Gasteiger partial charge on any atom is 0.0594 e. The van der Waals surface area contributed by atoms with Crippen molar-refractivity contribution in [2.45, 2.75) is 38.4 Å². The Balaban J connectivity index is 1.77. The van der Waals surface area contributed by atoms with E-state index in [1.165, 1.54) is 5.56 Å². The molecule has 0 aromatic carbocycles. The van der Waals surface area contributed by atoms with Gasteiger partial charge in [-0.05, 0) is 31.7 Å². The zero-order valence-corrected chi connectivity index (χ0v) is 9.97. The maximum absolute atomic E-state index is 10.0. The molecule has 0 aliphatic carbocycles. The van der Waals surface area contributed by atoms with Crippen LogP contribution >= 0.6 is 0 Å². The molecule has 0 saturated carbocycles. The molecule has 1 aromatic rings. The third kappa shape index (κ3) is 2.83. The van der Waals surface area contributed by atoms with Crippen LogP contribution < -0.4 is 0 Å². The summed E-state index contributed by atoms with van der Waals surface area (Å²) < 4.78 is 7.26. The maximum atomic E-state index is 10.0. The van der Waals surface area contributed by atoms with E-state index in [-0.39, 0.29) is 6.10 Å². The van der Waals surface area contributed by atoms with Crippen LogP contribution in [-0.2, 0) is 18.2 Å². The number of aliphatic hydroxyl groups is 1. The second kappa shape index (κ2) is 4.97. The lowest BCUT2D eigenvalue weighted by molar-refractivity contribution is 0.0758. The number of hydrogen-bond donors (Lipinski definition) is 1.